The molecule has 1 amide bonds. The Bertz CT molecular complexity index is 702. The number of hydrogen-bond donors (Lipinski definition) is 0. The second kappa shape index (κ2) is 6.34. The van der Waals surface area contributed by atoms with Gasteiger partial charge in [-0.3, -0.25) is 9.69 Å². The zero-order valence-corrected chi connectivity index (χ0v) is 15.4. The third kappa shape index (κ3) is 2.71. The van der Waals surface area contributed by atoms with Crippen LogP contribution in [0.1, 0.15) is 19.3 Å². The molecule has 0 N–H and O–H groups in total. The molecule has 1 aromatic carbocycles. The van der Waals surface area contributed by atoms with E-state index < -0.39 is 0 Å². The van der Waals surface area contributed by atoms with Crippen molar-refractivity contribution in [3.05, 3.63) is 18.2 Å². The van der Waals surface area contributed by atoms with Crippen molar-refractivity contribution in [1.29, 1.82) is 0 Å². The number of nitrogens with zero attached hydrogens (tertiary/aromatic N) is 3. The highest BCUT2D eigenvalue weighted by molar-refractivity contribution is 5.80. The smallest absolute Gasteiger partial charge is 0.231 e. The molecule has 1 aromatic rings. The molecule has 0 unspecified atom stereocenters. The number of ether oxygens (including phenoxy) is 2. The molecule has 0 aromatic heterocycles. The molecule has 5 rings (SSSR count). The lowest BCUT2D eigenvalue weighted by Crippen LogP contribution is -2.45. The molecule has 0 radical (unpaired) electrons. The Morgan fingerprint density at radius 2 is 1.81 bits per heavy atom. The van der Waals surface area contributed by atoms with Crippen molar-refractivity contribution in [3.8, 4) is 11.5 Å². The Kier molecular flexibility index (Phi) is 3.96. The van der Waals surface area contributed by atoms with E-state index in [0.29, 0.717) is 24.7 Å². The molecule has 6 heteroatoms. The van der Waals surface area contributed by atoms with Gasteiger partial charge in [-0.1, -0.05) is 0 Å². The Morgan fingerprint density at radius 1 is 1.00 bits per heavy atom. The van der Waals surface area contributed by atoms with Gasteiger partial charge in [-0.05, 0) is 37.3 Å². The third-order valence-corrected chi connectivity index (χ3v) is 6.70. The molecule has 0 aliphatic carbocycles. The van der Waals surface area contributed by atoms with Crippen molar-refractivity contribution in [2.24, 2.45) is 11.8 Å². The van der Waals surface area contributed by atoms with Gasteiger partial charge in [-0.2, -0.15) is 0 Å². The maximum absolute atomic E-state index is 12.4. The Hall–Kier alpha value is -1.95. The minimum Gasteiger partial charge on any atom is -0.454 e. The van der Waals surface area contributed by atoms with E-state index >= 15 is 0 Å². The van der Waals surface area contributed by atoms with Gasteiger partial charge < -0.3 is 19.3 Å². The first-order chi connectivity index (χ1) is 12.7. The van der Waals surface area contributed by atoms with Crippen LogP contribution in [-0.2, 0) is 4.79 Å². The van der Waals surface area contributed by atoms with Crippen molar-refractivity contribution in [1.82, 2.24) is 9.80 Å². The highest BCUT2D eigenvalue weighted by atomic mass is 16.7. The van der Waals surface area contributed by atoms with Crippen LogP contribution in [-0.4, -0.2) is 68.3 Å². The lowest BCUT2D eigenvalue weighted by molar-refractivity contribution is -0.137. The van der Waals surface area contributed by atoms with E-state index in [1.807, 2.05) is 18.0 Å². The van der Waals surface area contributed by atoms with Gasteiger partial charge in [0, 0.05) is 57.6 Å². The van der Waals surface area contributed by atoms with Gasteiger partial charge in [0.15, 0.2) is 11.5 Å². The molecule has 0 bridgehead atoms. The van der Waals surface area contributed by atoms with Crippen LogP contribution in [0.4, 0.5) is 5.69 Å². The van der Waals surface area contributed by atoms with E-state index in [9.17, 15) is 4.79 Å². The number of amides is 1. The van der Waals surface area contributed by atoms with E-state index in [2.05, 4.69) is 21.9 Å². The van der Waals surface area contributed by atoms with Crippen LogP contribution in [0.2, 0.25) is 0 Å². The molecule has 0 spiro atoms. The number of anilines is 1. The molecule has 4 aliphatic rings. The maximum atomic E-state index is 12.4. The third-order valence-electron chi connectivity index (χ3n) is 6.70. The summed E-state index contributed by atoms with van der Waals surface area (Å²) in [5.41, 5.74) is 1.22. The molecule has 3 saturated heterocycles. The largest absolute Gasteiger partial charge is 0.454 e. The number of carbonyl (C=O) groups excluding carboxylic acids is 1. The molecule has 6 nitrogen and oxygen atoms in total. The first-order valence-corrected chi connectivity index (χ1v) is 9.82. The number of likely N-dealkylation sites (tertiary alicyclic amines) is 2. The van der Waals surface area contributed by atoms with Gasteiger partial charge in [-0.15, -0.1) is 0 Å². The Balaban J connectivity index is 1.21. The standard InChI is InChI=1S/C20H27N3O3/c1-21-7-4-14-11-23(12-17(14)20(21)24)15-5-8-22(9-6-15)16-2-3-18-19(10-16)26-13-25-18/h2-3,10,14-15,17H,4-9,11-13H2,1H3/t14-,17+/m1/s1. The van der Waals surface area contributed by atoms with Crippen LogP contribution < -0.4 is 14.4 Å². The minimum absolute atomic E-state index is 0.237. The minimum atomic E-state index is 0.237. The van der Waals surface area contributed by atoms with Crippen molar-refractivity contribution in [2.75, 3.05) is 51.5 Å². The number of carbonyl (C=O) groups is 1. The zero-order valence-electron chi connectivity index (χ0n) is 15.4. The van der Waals surface area contributed by atoms with Crippen LogP contribution >= 0.6 is 0 Å². The number of fused-ring (bicyclic) bond motifs is 2. The molecule has 3 fully saturated rings. The zero-order chi connectivity index (χ0) is 17.7. The number of hydrogen-bond acceptors (Lipinski definition) is 5. The van der Waals surface area contributed by atoms with Crippen molar-refractivity contribution >= 4 is 11.6 Å². The summed E-state index contributed by atoms with van der Waals surface area (Å²) < 4.78 is 10.9. The van der Waals surface area contributed by atoms with E-state index in [0.717, 1.165) is 57.1 Å². The van der Waals surface area contributed by atoms with E-state index in [1.54, 1.807) is 0 Å². The summed E-state index contributed by atoms with van der Waals surface area (Å²) in [6.45, 7) is 5.44. The lowest BCUT2D eigenvalue weighted by atomic mass is 9.88. The Morgan fingerprint density at radius 3 is 2.65 bits per heavy atom. The van der Waals surface area contributed by atoms with Gasteiger partial charge in [0.25, 0.3) is 0 Å². The van der Waals surface area contributed by atoms with Gasteiger partial charge in [0.05, 0.1) is 5.92 Å². The van der Waals surface area contributed by atoms with E-state index in [4.69, 9.17) is 9.47 Å². The van der Waals surface area contributed by atoms with Crippen molar-refractivity contribution in [2.45, 2.75) is 25.3 Å². The fraction of sp³-hybridized carbons (Fsp3) is 0.650. The highest BCUT2D eigenvalue weighted by Crippen LogP contribution is 2.38. The lowest BCUT2D eigenvalue weighted by Gasteiger charge is -2.38. The second-order valence-electron chi connectivity index (χ2n) is 8.12. The quantitative estimate of drug-likeness (QED) is 0.808. The van der Waals surface area contributed by atoms with E-state index in [-0.39, 0.29) is 5.92 Å². The van der Waals surface area contributed by atoms with Crippen LogP contribution in [0.3, 0.4) is 0 Å². The fourth-order valence-electron chi connectivity index (χ4n) is 5.10. The summed E-state index contributed by atoms with van der Waals surface area (Å²) in [6.07, 6.45) is 3.50. The summed E-state index contributed by atoms with van der Waals surface area (Å²) in [5, 5.41) is 0. The predicted octanol–water partition coefficient (Wildman–Crippen LogP) is 1.79. The number of piperidine rings is 2. The molecule has 4 aliphatic heterocycles. The van der Waals surface area contributed by atoms with Crippen LogP contribution in [0, 0.1) is 11.8 Å². The van der Waals surface area contributed by atoms with E-state index in [1.165, 1.54) is 12.1 Å². The molecule has 140 valence electrons. The first kappa shape index (κ1) is 16.2. The van der Waals surface area contributed by atoms with Crippen LogP contribution in [0.15, 0.2) is 18.2 Å². The maximum Gasteiger partial charge on any atom is 0.231 e. The molecule has 26 heavy (non-hydrogen) atoms. The monoisotopic (exact) mass is 357 g/mol. The molecule has 0 saturated carbocycles. The Labute approximate surface area is 154 Å². The molecular weight excluding hydrogens is 330 g/mol. The second-order valence-corrected chi connectivity index (χ2v) is 8.12. The average molecular weight is 357 g/mol. The number of benzene rings is 1. The highest BCUT2D eigenvalue weighted by Gasteiger charge is 2.43. The molecular formula is C20H27N3O3. The topological polar surface area (TPSA) is 45.2 Å². The summed E-state index contributed by atoms with van der Waals surface area (Å²) in [7, 11) is 1.95. The van der Waals surface area contributed by atoms with Crippen LogP contribution in [0.5, 0.6) is 11.5 Å². The molecule has 2 atom stereocenters. The predicted molar refractivity (Wildman–Crippen MR) is 98.6 cm³/mol. The van der Waals surface area contributed by atoms with Gasteiger partial charge in [0.1, 0.15) is 0 Å². The van der Waals surface area contributed by atoms with Crippen LogP contribution in [0.25, 0.3) is 0 Å². The fourth-order valence-corrected chi connectivity index (χ4v) is 5.10. The SMILES string of the molecule is CN1CC[C@@H]2CN(C3CCN(c4ccc5c(c4)OCO5)CC3)C[C@@H]2C1=O. The van der Waals surface area contributed by atoms with Gasteiger partial charge in [-0.25, -0.2) is 0 Å². The van der Waals surface area contributed by atoms with Gasteiger partial charge >= 0.3 is 0 Å². The first-order valence-electron chi connectivity index (χ1n) is 9.82. The molecule has 4 heterocycles. The summed E-state index contributed by atoms with van der Waals surface area (Å²) in [5.74, 6) is 2.88. The normalized spacial score (nSPS) is 29.3. The van der Waals surface area contributed by atoms with Gasteiger partial charge in [0.2, 0.25) is 12.7 Å². The summed E-state index contributed by atoms with van der Waals surface area (Å²) >= 11 is 0. The summed E-state index contributed by atoms with van der Waals surface area (Å²) in [6, 6.07) is 6.86. The van der Waals surface area contributed by atoms with Crippen molar-refractivity contribution in [3.63, 3.8) is 0 Å². The number of rotatable bonds is 2. The average Bonchev–Trinajstić information content (AvgIpc) is 3.31. The van der Waals surface area contributed by atoms with Crippen molar-refractivity contribution < 1.29 is 14.3 Å². The summed E-state index contributed by atoms with van der Waals surface area (Å²) in [4.78, 5) is 19.4.